The molecule has 4 rings (SSSR count). The minimum Gasteiger partial charge on any atom is -0.381 e. The van der Waals surface area contributed by atoms with E-state index < -0.39 is 0 Å². The van der Waals surface area contributed by atoms with Crippen LogP contribution in [0.3, 0.4) is 0 Å². The molecule has 4 heteroatoms. The molecule has 0 unspecified atom stereocenters. The number of nitrogens with one attached hydrogen (secondary N) is 1. The summed E-state index contributed by atoms with van der Waals surface area (Å²) in [5.74, 6) is 0.649. The highest BCUT2D eigenvalue weighted by Crippen LogP contribution is 2.35. The maximum atomic E-state index is 5.59. The van der Waals surface area contributed by atoms with Crippen molar-refractivity contribution in [3.63, 3.8) is 0 Å². The summed E-state index contributed by atoms with van der Waals surface area (Å²) in [6.45, 7) is 6.15. The smallest absolute Gasteiger partial charge is 0.0706 e. The largest absolute Gasteiger partial charge is 0.381 e. The highest BCUT2D eigenvalue weighted by atomic mass is 16.5. The molecule has 4 nitrogen and oxygen atoms in total. The van der Waals surface area contributed by atoms with E-state index in [9.17, 15) is 0 Å². The van der Waals surface area contributed by atoms with Crippen LogP contribution in [0.4, 0.5) is 0 Å². The molecule has 1 atom stereocenters. The second-order valence-electron chi connectivity index (χ2n) is 6.61. The predicted octanol–water partition coefficient (Wildman–Crippen LogP) is 2.61. The number of fused-ring (bicyclic) bond motifs is 1. The van der Waals surface area contributed by atoms with Gasteiger partial charge in [0.15, 0.2) is 0 Å². The first-order valence-corrected chi connectivity index (χ1v) is 8.80. The van der Waals surface area contributed by atoms with Crippen molar-refractivity contribution >= 4 is 10.9 Å². The van der Waals surface area contributed by atoms with Gasteiger partial charge in [0, 0.05) is 44.8 Å². The quantitative estimate of drug-likeness (QED) is 0.945. The van der Waals surface area contributed by atoms with Gasteiger partial charge in [-0.25, -0.2) is 0 Å². The van der Waals surface area contributed by atoms with Crippen LogP contribution in [0.2, 0.25) is 0 Å². The summed E-state index contributed by atoms with van der Waals surface area (Å²) in [7, 11) is 0. The zero-order valence-electron chi connectivity index (χ0n) is 13.6. The summed E-state index contributed by atoms with van der Waals surface area (Å²) in [5, 5.41) is 4.69. The van der Waals surface area contributed by atoms with Gasteiger partial charge in [-0.1, -0.05) is 24.3 Å². The molecule has 0 bridgehead atoms. The summed E-state index contributed by atoms with van der Waals surface area (Å²) in [5.41, 5.74) is 2.34. The fourth-order valence-electron chi connectivity index (χ4n) is 3.97. The van der Waals surface area contributed by atoms with Crippen LogP contribution >= 0.6 is 0 Å². The Morgan fingerprint density at radius 1 is 1.04 bits per heavy atom. The normalized spacial score (nSPS) is 22.3. The van der Waals surface area contributed by atoms with E-state index in [0.29, 0.717) is 12.0 Å². The molecule has 0 saturated carbocycles. The second-order valence-corrected chi connectivity index (χ2v) is 6.61. The number of nitrogens with zero attached hydrogens (tertiary/aromatic N) is 2. The van der Waals surface area contributed by atoms with Gasteiger partial charge >= 0.3 is 0 Å². The molecule has 0 spiro atoms. The van der Waals surface area contributed by atoms with Crippen LogP contribution in [0, 0.1) is 5.92 Å². The summed E-state index contributed by atoms with van der Waals surface area (Å²) >= 11 is 0. The standard InChI is InChI=1S/C19H25N3O/c1-2-4-17-15(3-1)5-6-18(21-17)19(16-7-13-23-14-8-16)22-11-9-20-10-12-22/h1-6,16,19-20H,7-14H2/t19-/m0/s1. The zero-order chi connectivity index (χ0) is 15.5. The third-order valence-electron chi connectivity index (χ3n) is 5.18. The molecule has 0 radical (unpaired) electrons. The van der Waals surface area contributed by atoms with E-state index in [0.717, 1.165) is 57.8 Å². The van der Waals surface area contributed by atoms with Crippen molar-refractivity contribution in [2.24, 2.45) is 5.92 Å². The molecule has 0 amide bonds. The number of aromatic nitrogens is 1. The number of benzene rings is 1. The van der Waals surface area contributed by atoms with Crippen molar-refractivity contribution in [2.75, 3.05) is 39.4 Å². The Bertz CT molecular complexity index is 630. The van der Waals surface area contributed by atoms with E-state index >= 15 is 0 Å². The maximum Gasteiger partial charge on any atom is 0.0706 e. The van der Waals surface area contributed by atoms with Gasteiger partial charge in [-0.15, -0.1) is 0 Å². The van der Waals surface area contributed by atoms with Crippen LogP contribution in [0.1, 0.15) is 24.6 Å². The van der Waals surface area contributed by atoms with Gasteiger partial charge < -0.3 is 10.1 Å². The van der Waals surface area contributed by atoms with Gasteiger partial charge in [-0.3, -0.25) is 9.88 Å². The lowest BCUT2D eigenvalue weighted by Crippen LogP contribution is -2.47. The Morgan fingerprint density at radius 3 is 2.65 bits per heavy atom. The van der Waals surface area contributed by atoms with Crippen LogP contribution < -0.4 is 5.32 Å². The minimum atomic E-state index is 0.422. The van der Waals surface area contributed by atoms with Crippen molar-refractivity contribution in [1.29, 1.82) is 0 Å². The van der Waals surface area contributed by atoms with Gasteiger partial charge in [0.1, 0.15) is 0 Å². The second kappa shape index (κ2) is 6.95. The Balaban J connectivity index is 1.69. The van der Waals surface area contributed by atoms with Crippen molar-refractivity contribution in [2.45, 2.75) is 18.9 Å². The highest BCUT2D eigenvalue weighted by Gasteiger charge is 2.32. The average Bonchev–Trinajstić information content (AvgIpc) is 2.64. The third-order valence-corrected chi connectivity index (χ3v) is 5.18. The molecule has 0 aliphatic carbocycles. The van der Waals surface area contributed by atoms with Crippen LogP contribution in [0.25, 0.3) is 10.9 Å². The van der Waals surface area contributed by atoms with Crippen molar-refractivity contribution < 1.29 is 4.74 Å². The topological polar surface area (TPSA) is 37.4 Å². The van der Waals surface area contributed by atoms with E-state index in [1.54, 1.807) is 0 Å². The van der Waals surface area contributed by atoms with E-state index in [4.69, 9.17) is 9.72 Å². The monoisotopic (exact) mass is 311 g/mol. The number of hydrogen-bond donors (Lipinski definition) is 1. The summed E-state index contributed by atoms with van der Waals surface area (Å²) in [4.78, 5) is 7.65. The molecule has 1 aromatic heterocycles. The van der Waals surface area contributed by atoms with E-state index in [1.165, 1.54) is 11.1 Å². The number of ether oxygens (including phenoxy) is 1. The van der Waals surface area contributed by atoms with Crippen molar-refractivity contribution in [3.8, 4) is 0 Å². The first-order valence-electron chi connectivity index (χ1n) is 8.80. The van der Waals surface area contributed by atoms with Gasteiger partial charge in [-0.2, -0.15) is 0 Å². The number of para-hydroxylation sites is 1. The summed E-state index contributed by atoms with van der Waals surface area (Å²) < 4.78 is 5.59. The molecule has 122 valence electrons. The zero-order valence-corrected chi connectivity index (χ0v) is 13.6. The van der Waals surface area contributed by atoms with Gasteiger partial charge in [0.2, 0.25) is 0 Å². The highest BCUT2D eigenvalue weighted by molar-refractivity contribution is 5.78. The van der Waals surface area contributed by atoms with Gasteiger partial charge in [-0.05, 0) is 30.9 Å². The molecule has 2 aromatic rings. The number of rotatable bonds is 3. The molecule has 2 aliphatic heterocycles. The lowest BCUT2D eigenvalue weighted by molar-refractivity contribution is 0.0202. The van der Waals surface area contributed by atoms with E-state index in [1.807, 2.05) is 0 Å². The Hall–Kier alpha value is -1.49. The number of piperazine rings is 1. The molecule has 1 aromatic carbocycles. The van der Waals surface area contributed by atoms with Crippen LogP contribution in [0.5, 0.6) is 0 Å². The SMILES string of the molecule is c1ccc2nc([C@H](C3CCOCC3)N3CCNCC3)ccc2c1. The lowest BCUT2D eigenvalue weighted by atomic mass is 9.87. The first-order chi connectivity index (χ1) is 11.4. The molecule has 2 saturated heterocycles. The van der Waals surface area contributed by atoms with Crippen LogP contribution in [0.15, 0.2) is 36.4 Å². The third kappa shape index (κ3) is 3.25. The Labute approximate surface area is 137 Å². The molecule has 2 fully saturated rings. The van der Waals surface area contributed by atoms with E-state index in [-0.39, 0.29) is 0 Å². The molecule has 23 heavy (non-hydrogen) atoms. The number of hydrogen-bond acceptors (Lipinski definition) is 4. The molecule has 3 heterocycles. The Morgan fingerprint density at radius 2 is 1.83 bits per heavy atom. The fourth-order valence-corrected chi connectivity index (χ4v) is 3.97. The number of pyridine rings is 1. The Kier molecular flexibility index (Phi) is 4.55. The van der Waals surface area contributed by atoms with Crippen LogP contribution in [-0.2, 0) is 4.74 Å². The van der Waals surface area contributed by atoms with E-state index in [2.05, 4.69) is 46.6 Å². The lowest BCUT2D eigenvalue weighted by Gasteiger charge is -2.40. The maximum absolute atomic E-state index is 5.59. The summed E-state index contributed by atoms with van der Waals surface area (Å²) in [6.07, 6.45) is 2.28. The molecule has 2 aliphatic rings. The van der Waals surface area contributed by atoms with Crippen molar-refractivity contribution in [3.05, 3.63) is 42.1 Å². The fraction of sp³-hybridized carbons (Fsp3) is 0.526. The van der Waals surface area contributed by atoms with Gasteiger partial charge in [0.25, 0.3) is 0 Å². The summed E-state index contributed by atoms with van der Waals surface area (Å²) in [6, 6.07) is 13.3. The molecular formula is C19H25N3O. The molecule has 1 N–H and O–H groups in total. The minimum absolute atomic E-state index is 0.422. The molecular weight excluding hydrogens is 286 g/mol. The first kappa shape index (κ1) is 15.1. The van der Waals surface area contributed by atoms with Crippen molar-refractivity contribution in [1.82, 2.24) is 15.2 Å². The average molecular weight is 311 g/mol. The van der Waals surface area contributed by atoms with Gasteiger partial charge in [0.05, 0.1) is 17.3 Å². The van der Waals surface area contributed by atoms with Crippen LogP contribution in [-0.4, -0.2) is 49.3 Å². The predicted molar refractivity (Wildman–Crippen MR) is 92.5 cm³/mol.